The van der Waals surface area contributed by atoms with Gasteiger partial charge in [-0.25, -0.2) is 0 Å². The predicted octanol–water partition coefficient (Wildman–Crippen LogP) is 1.93. The first-order valence-corrected chi connectivity index (χ1v) is 5.06. The zero-order valence-electron chi connectivity index (χ0n) is 8.58. The normalized spacial score (nSPS) is 15.8. The van der Waals surface area contributed by atoms with E-state index in [2.05, 4.69) is 23.0 Å². The van der Waals surface area contributed by atoms with Crippen molar-refractivity contribution in [1.29, 1.82) is 0 Å². The Hall–Kier alpha value is -1.61. The molecule has 0 aliphatic carbocycles. The van der Waals surface area contributed by atoms with E-state index in [0.29, 0.717) is 0 Å². The number of carbonyl (C=O) groups is 1. The van der Waals surface area contributed by atoms with Gasteiger partial charge in [0.25, 0.3) is 0 Å². The number of rotatable bonds is 1. The van der Waals surface area contributed by atoms with E-state index in [4.69, 9.17) is 0 Å². The molecule has 0 saturated heterocycles. The maximum absolute atomic E-state index is 10.9. The Kier molecular flexibility index (Phi) is 1.70. The molecule has 0 amide bonds. The summed E-state index contributed by atoms with van der Waals surface area (Å²) in [6.45, 7) is 1.81. The molecule has 3 nitrogen and oxygen atoms in total. The molecule has 1 aliphatic heterocycles. The molecular weight excluding hydrogens is 188 g/mol. The van der Waals surface area contributed by atoms with Crippen LogP contribution in [0.5, 0.6) is 0 Å². The van der Waals surface area contributed by atoms with Gasteiger partial charge in [-0.1, -0.05) is 12.1 Å². The lowest BCUT2D eigenvalue weighted by atomic mass is 10.0. The summed E-state index contributed by atoms with van der Waals surface area (Å²) in [5.74, 6) is 0. The molecule has 3 rings (SSSR count). The maximum Gasteiger partial charge on any atom is 0.166 e. The van der Waals surface area contributed by atoms with Crippen LogP contribution in [0.1, 0.15) is 21.6 Å². The van der Waals surface area contributed by atoms with Crippen LogP contribution in [-0.2, 0) is 13.1 Å². The molecule has 0 bridgehead atoms. The topological polar surface area (TPSA) is 36.1 Å². The first-order valence-electron chi connectivity index (χ1n) is 5.06. The average Bonchev–Trinajstić information content (AvgIpc) is 2.58. The molecule has 3 heteroatoms. The summed E-state index contributed by atoms with van der Waals surface area (Å²) in [6.07, 6.45) is 0.915. The Labute approximate surface area is 87.7 Å². The number of benzene rings is 1. The molecule has 15 heavy (non-hydrogen) atoms. The van der Waals surface area contributed by atoms with Gasteiger partial charge in [0, 0.05) is 29.6 Å². The Morgan fingerprint density at radius 2 is 2.27 bits per heavy atom. The average molecular weight is 200 g/mol. The van der Waals surface area contributed by atoms with Crippen LogP contribution in [0.4, 0.5) is 0 Å². The van der Waals surface area contributed by atoms with Gasteiger partial charge in [0.2, 0.25) is 0 Å². The van der Waals surface area contributed by atoms with E-state index in [0.717, 1.165) is 36.1 Å². The van der Waals surface area contributed by atoms with Crippen LogP contribution in [0.2, 0.25) is 0 Å². The third-order valence-corrected chi connectivity index (χ3v) is 3.03. The van der Waals surface area contributed by atoms with Crippen molar-refractivity contribution in [3.63, 3.8) is 0 Å². The van der Waals surface area contributed by atoms with Gasteiger partial charge in [0.05, 0.1) is 5.69 Å². The van der Waals surface area contributed by atoms with Crippen molar-refractivity contribution in [2.75, 3.05) is 7.05 Å². The minimum atomic E-state index is 0.726. The standard InChI is InChI=1S/C12H12N2O/c1-14-5-8-3-2-4-10-12(8)9(6-14)11(7-15)13-10/h2-4,7,13H,5-6H2,1H3. The Morgan fingerprint density at radius 3 is 3.07 bits per heavy atom. The molecule has 0 radical (unpaired) electrons. The van der Waals surface area contributed by atoms with E-state index < -0.39 is 0 Å². The van der Waals surface area contributed by atoms with Crippen molar-refractivity contribution in [2.45, 2.75) is 13.1 Å². The number of hydrogen-bond acceptors (Lipinski definition) is 2. The van der Waals surface area contributed by atoms with E-state index in [1.165, 1.54) is 10.9 Å². The molecule has 1 aliphatic rings. The van der Waals surface area contributed by atoms with E-state index in [-0.39, 0.29) is 0 Å². The summed E-state index contributed by atoms with van der Waals surface area (Å²) in [7, 11) is 2.07. The molecule has 1 aromatic heterocycles. The zero-order valence-corrected chi connectivity index (χ0v) is 8.58. The molecule has 1 aromatic carbocycles. The fraction of sp³-hybridized carbons (Fsp3) is 0.250. The minimum absolute atomic E-state index is 0.726. The van der Waals surface area contributed by atoms with E-state index in [9.17, 15) is 4.79 Å². The first kappa shape index (κ1) is 8.68. The molecule has 76 valence electrons. The number of carbonyl (C=O) groups excluding carboxylic acids is 1. The summed E-state index contributed by atoms with van der Waals surface area (Å²) in [4.78, 5) is 16.3. The van der Waals surface area contributed by atoms with Crippen molar-refractivity contribution in [2.24, 2.45) is 0 Å². The lowest BCUT2D eigenvalue weighted by Crippen LogP contribution is -2.21. The third kappa shape index (κ3) is 1.13. The first-order chi connectivity index (χ1) is 7.29. The van der Waals surface area contributed by atoms with Gasteiger partial charge in [-0.2, -0.15) is 0 Å². The second-order valence-corrected chi connectivity index (χ2v) is 4.15. The second kappa shape index (κ2) is 2.94. The third-order valence-electron chi connectivity index (χ3n) is 3.03. The molecule has 2 heterocycles. The highest BCUT2D eigenvalue weighted by molar-refractivity contribution is 5.94. The second-order valence-electron chi connectivity index (χ2n) is 4.15. The van der Waals surface area contributed by atoms with Crippen LogP contribution in [0.25, 0.3) is 10.9 Å². The van der Waals surface area contributed by atoms with Crippen molar-refractivity contribution in [3.8, 4) is 0 Å². The van der Waals surface area contributed by atoms with Gasteiger partial charge in [-0.05, 0) is 18.7 Å². The fourth-order valence-corrected chi connectivity index (χ4v) is 2.43. The van der Waals surface area contributed by atoms with Gasteiger partial charge in [0.1, 0.15) is 0 Å². The predicted molar refractivity (Wildman–Crippen MR) is 58.9 cm³/mol. The summed E-state index contributed by atoms with van der Waals surface area (Å²) in [5.41, 5.74) is 4.26. The van der Waals surface area contributed by atoms with E-state index >= 15 is 0 Å². The molecule has 0 spiro atoms. The molecule has 0 atom stereocenters. The van der Waals surface area contributed by atoms with Gasteiger partial charge >= 0.3 is 0 Å². The number of hydrogen-bond donors (Lipinski definition) is 1. The largest absolute Gasteiger partial charge is 0.352 e. The SMILES string of the molecule is CN1Cc2cccc3[nH]c(C=O)c(c23)C1. The zero-order chi connectivity index (χ0) is 10.4. The summed E-state index contributed by atoms with van der Waals surface area (Å²) >= 11 is 0. The minimum Gasteiger partial charge on any atom is -0.352 e. The van der Waals surface area contributed by atoms with Gasteiger partial charge < -0.3 is 4.98 Å². The van der Waals surface area contributed by atoms with Crippen LogP contribution in [-0.4, -0.2) is 23.2 Å². The highest BCUT2D eigenvalue weighted by Gasteiger charge is 2.20. The number of aromatic nitrogens is 1. The number of nitrogens with zero attached hydrogens (tertiary/aromatic N) is 1. The van der Waals surface area contributed by atoms with E-state index in [1.54, 1.807) is 0 Å². The fourth-order valence-electron chi connectivity index (χ4n) is 2.43. The number of nitrogens with one attached hydrogen (secondary N) is 1. The summed E-state index contributed by atoms with van der Waals surface area (Å²) in [5, 5.41) is 1.25. The van der Waals surface area contributed by atoms with Crippen LogP contribution < -0.4 is 0 Å². The number of H-pyrrole nitrogens is 1. The van der Waals surface area contributed by atoms with Gasteiger partial charge in [-0.3, -0.25) is 9.69 Å². The summed E-state index contributed by atoms with van der Waals surface area (Å²) < 4.78 is 0. The van der Waals surface area contributed by atoms with Crippen LogP contribution >= 0.6 is 0 Å². The maximum atomic E-state index is 10.9. The van der Waals surface area contributed by atoms with Crippen molar-refractivity contribution < 1.29 is 4.79 Å². The number of aromatic amines is 1. The van der Waals surface area contributed by atoms with Crippen LogP contribution in [0, 0.1) is 0 Å². The smallest absolute Gasteiger partial charge is 0.166 e. The molecule has 0 saturated carbocycles. The highest BCUT2D eigenvalue weighted by atomic mass is 16.1. The Morgan fingerprint density at radius 1 is 1.40 bits per heavy atom. The van der Waals surface area contributed by atoms with Crippen molar-refractivity contribution in [1.82, 2.24) is 9.88 Å². The number of aldehydes is 1. The Balaban J connectivity index is 2.40. The monoisotopic (exact) mass is 200 g/mol. The molecular formula is C12H12N2O. The van der Waals surface area contributed by atoms with Crippen molar-refractivity contribution >= 4 is 17.2 Å². The van der Waals surface area contributed by atoms with Crippen LogP contribution in [0.15, 0.2) is 18.2 Å². The Bertz CT molecular complexity index is 542. The van der Waals surface area contributed by atoms with E-state index in [1.807, 2.05) is 12.1 Å². The lowest BCUT2D eigenvalue weighted by Gasteiger charge is -2.22. The quantitative estimate of drug-likeness (QED) is 0.714. The highest BCUT2D eigenvalue weighted by Crippen LogP contribution is 2.30. The van der Waals surface area contributed by atoms with Gasteiger partial charge in [-0.15, -0.1) is 0 Å². The lowest BCUT2D eigenvalue weighted by molar-refractivity contribution is 0.111. The van der Waals surface area contributed by atoms with Crippen LogP contribution in [0.3, 0.4) is 0 Å². The van der Waals surface area contributed by atoms with Gasteiger partial charge in [0.15, 0.2) is 6.29 Å². The molecule has 0 unspecified atom stereocenters. The van der Waals surface area contributed by atoms with Crippen molar-refractivity contribution in [3.05, 3.63) is 35.0 Å². The summed E-state index contributed by atoms with van der Waals surface area (Å²) in [6, 6.07) is 6.19. The molecule has 1 N–H and O–H groups in total. The molecule has 2 aromatic rings. The molecule has 0 fully saturated rings.